The van der Waals surface area contributed by atoms with Gasteiger partial charge in [-0.2, -0.15) is 5.26 Å². The largest absolute Gasteiger partial charge is 0.368 e. The summed E-state index contributed by atoms with van der Waals surface area (Å²) >= 11 is 0. The van der Waals surface area contributed by atoms with Crippen LogP contribution in [0.4, 0.5) is 5.82 Å². The molecular weight excluding hydrogens is 292 g/mol. The zero-order valence-electron chi connectivity index (χ0n) is 12.7. The van der Waals surface area contributed by atoms with Crippen molar-refractivity contribution in [2.45, 2.75) is 12.5 Å². The molecule has 0 bridgehead atoms. The molecule has 116 valence electrons. The van der Waals surface area contributed by atoms with Crippen molar-refractivity contribution < 1.29 is 4.79 Å². The highest BCUT2D eigenvalue weighted by molar-refractivity contribution is 5.79. The van der Waals surface area contributed by atoms with E-state index < -0.39 is 0 Å². The maximum absolute atomic E-state index is 12.1. The molecule has 3 rings (SSSR count). The minimum atomic E-state index is 0.0179. The zero-order valence-corrected chi connectivity index (χ0v) is 12.7. The van der Waals surface area contributed by atoms with Gasteiger partial charge in [0, 0.05) is 38.3 Å². The fourth-order valence-electron chi connectivity index (χ4n) is 2.90. The quantitative estimate of drug-likeness (QED) is 0.916. The Labute approximate surface area is 134 Å². The third kappa shape index (κ3) is 3.11. The average Bonchev–Trinajstić information content (AvgIpc) is 2.88. The van der Waals surface area contributed by atoms with Gasteiger partial charge < -0.3 is 10.2 Å². The van der Waals surface area contributed by atoms with E-state index in [4.69, 9.17) is 5.26 Å². The summed E-state index contributed by atoms with van der Waals surface area (Å²) < 4.78 is 0. The van der Waals surface area contributed by atoms with E-state index in [0.717, 1.165) is 5.56 Å². The van der Waals surface area contributed by atoms with E-state index in [1.165, 1.54) is 12.4 Å². The Bertz CT molecular complexity index is 724. The van der Waals surface area contributed by atoms with Gasteiger partial charge in [0.15, 0.2) is 5.69 Å². The first-order chi connectivity index (χ1) is 11.2. The molecule has 1 aliphatic heterocycles. The van der Waals surface area contributed by atoms with Gasteiger partial charge >= 0.3 is 0 Å². The molecule has 0 radical (unpaired) electrons. The van der Waals surface area contributed by atoms with Gasteiger partial charge in [-0.1, -0.05) is 0 Å². The SMILES string of the molecule is CN1C(=O)C[C@@H](CNc2cnc(C#N)cn2)[C@@H]1c1ccncc1. The normalized spacial score (nSPS) is 20.3. The molecule has 2 atom stereocenters. The first-order valence-corrected chi connectivity index (χ1v) is 7.30. The molecule has 0 aliphatic carbocycles. The van der Waals surface area contributed by atoms with E-state index >= 15 is 0 Å². The Hall–Kier alpha value is -3.01. The Morgan fingerprint density at radius 2 is 2.13 bits per heavy atom. The number of carbonyl (C=O) groups is 1. The van der Waals surface area contributed by atoms with Crippen molar-refractivity contribution in [3.05, 3.63) is 48.2 Å². The van der Waals surface area contributed by atoms with Crippen LogP contribution in [0.15, 0.2) is 36.9 Å². The van der Waals surface area contributed by atoms with Crippen molar-refractivity contribution in [3.8, 4) is 6.07 Å². The third-order valence-corrected chi connectivity index (χ3v) is 4.05. The van der Waals surface area contributed by atoms with Crippen LogP contribution in [-0.2, 0) is 4.79 Å². The highest BCUT2D eigenvalue weighted by Gasteiger charge is 2.38. The minimum Gasteiger partial charge on any atom is -0.368 e. The maximum atomic E-state index is 12.1. The van der Waals surface area contributed by atoms with Gasteiger partial charge in [0.1, 0.15) is 11.9 Å². The summed E-state index contributed by atoms with van der Waals surface area (Å²) in [5, 5.41) is 11.9. The number of amides is 1. The van der Waals surface area contributed by atoms with Crippen molar-refractivity contribution in [1.29, 1.82) is 5.26 Å². The summed E-state index contributed by atoms with van der Waals surface area (Å²) in [6.45, 7) is 0.601. The van der Waals surface area contributed by atoms with Crippen molar-refractivity contribution in [3.63, 3.8) is 0 Å². The predicted octanol–water partition coefficient (Wildman–Crippen LogP) is 1.37. The van der Waals surface area contributed by atoms with Crippen molar-refractivity contribution >= 4 is 11.7 Å². The molecule has 1 fully saturated rings. The number of aromatic nitrogens is 3. The molecule has 2 aromatic rings. The van der Waals surface area contributed by atoms with Crippen LogP contribution >= 0.6 is 0 Å². The fourth-order valence-corrected chi connectivity index (χ4v) is 2.90. The fraction of sp³-hybridized carbons (Fsp3) is 0.312. The molecule has 0 spiro atoms. The van der Waals surface area contributed by atoms with Crippen LogP contribution in [0.3, 0.4) is 0 Å². The number of hydrogen-bond donors (Lipinski definition) is 1. The first kappa shape index (κ1) is 14.9. The number of hydrogen-bond acceptors (Lipinski definition) is 6. The second-order valence-electron chi connectivity index (χ2n) is 5.47. The van der Waals surface area contributed by atoms with Crippen molar-refractivity contribution in [2.75, 3.05) is 18.9 Å². The lowest BCUT2D eigenvalue weighted by Crippen LogP contribution is -2.26. The minimum absolute atomic E-state index is 0.0179. The van der Waals surface area contributed by atoms with Gasteiger partial charge in [-0.15, -0.1) is 0 Å². The summed E-state index contributed by atoms with van der Waals surface area (Å²) in [7, 11) is 1.83. The molecule has 1 N–H and O–H groups in total. The van der Waals surface area contributed by atoms with Gasteiger partial charge in [0.2, 0.25) is 5.91 Å². The third-order valence-electron chi connectivity index (χ3n) is 4.05. The van der Waals surface area contributed by atoms with E-state index in [-0.39, 0.29) is 23.6 Å². The lowest BCUT2D eigenvalue weighted by molar-refractivity contribution is -0.127. The van der Waals surface area contributed by atoms with Crippen LogP contribution in [-0.4, -0.2) is 39.4 Å². The predicted molar refractivity (Wildman–Crippen MR) is 83.1 cm³/mol. The number of rotatable bonds is 4. The number of likely N-dealkylation sites (tertiary alicyclic amines) is 1. The summed E-state index contributed by atoms with van der Waals surface area (Å²) in [6, 6.07) is 5.83. The maximum Gasteiger partial charge on any atom is 0.223 e. The Kier molecular flexibility index (Phi) is 4.15. The van der Waals surface area contributed by atoms with Gasteiger partial charge in [0.25, 0.3) is 0 Å². The molecule has 3 heterocycles. The second kappa shape index (κ2) is 6.40. The molecule has 1 aliphatic rings. The number of nitrogens with one attached hydrogen (secondary N) is 1. The molecule has 1 amide bonds. The topological polar surface area (TPSA) is 94.8 Å². The second-order valence-corrected chi connectivity index (χ2v) is 5.47. The Morgan fingerprint density at radius 3 is 2.78 bits per heavy atom. The van der Waals surface area contributed by atoms with Crippen LogP contribution in [0.2, 0.25) is 0 Å². The number of pyridine rings is 1. The van der Waals surface area contributed by atoms with Crippen LogP contribution < -0.4 is 5.32 Å². The summed E-state index contributed by atoms with van der Waals surface area (Å²) in [5.41, 5.74) is 1.35. The number of anilines is 1. The van der Waals surface area contributed by atoms with E-state index in [0.29, 0.717) is 18.8 Å². The van der Waals surface area contributed by atoms with E-state index in [9.17, 15) is 4.79 Å². The van der Waals surface area contributed by atoms with Crippen LogP contribution in [0.1, 0.15) is 23.7 Å². The summed E-state index contributed by atoms with van der Waals surface area (Å²) in [4.78, 5) is 26.0. The van der Waals surface area contributed by atoms with Gasteiger partial charge in [-0.3, -0.25) is 9.78 Å². The lowest BCUT2D eigenvalue weighted by Gasteiger charge is -2.25. The molecule has 2 aromatic heterocycles. The van der Waals surface area contributed by atoms with Gasteiger partial charge in [-0.05, 0) is 17.7 Å². The first-order valence-electron chi connectivity index (χ1n) is 7.30. The Balaban J connectivity index is 1.72. The molecule has 0 unspecified atom stereocenters. The van der Waals surface area contributed by atoms with Crippen molar-refractivity contribution in [2.24, 2.45) is 5.92 Å². The number of carbonyl (C=O) groups excluding carboxylic acids is 1. The molecule has 7 heteroatoms. The molecule has 0 aromatic carbocycles. The molecule has 0 saturated carbocycles. The standard InChI is InChI=1S/C16H16N6O/c1-22-15(23)6-12(16(22)11-2-4-18-5-3-11)8-20-14-10-19-13(7-17)9-21-14/h2-5,9-10,12,16H,6,8H2,1H3,(H,20,21)/t12-,16-/m0/s1. The Morgan fingerprint density at radius 1 is 1.35 bits per heavy atom. The molecule has 1 saturated heterocycles. The highest BCUT2D eigenvalue weighted by Crippen LogP contribution is 2.36. The van der Waals surface area contributed by atoms with Gasteiger partial charge in [-0.25, -0.2) is 9.97 Å². The van der Waals surface area contributed by atoms with E-state index in [1.54, 1.807) is 17.3 Å². The summed E-state index contributed by atoms with van der Waals surface area (Å²) in [5.74, 6) is 0.858. The number of nitriles is 1. The van der Waals surface area contributed by atoms with E-state index in [1.807, 2.05) is 25.2 Å². The van der Waals surface area contributed by atoms with Crippen LogP contribution in [0, 0.1) is 17.2 Å². The number of nitrogens with zero attached hydrogens (tertiary/aromatic N) is 5. The van der Waals surface area contributed by atoms with Crippen LogP contribution in [0.25, 0.3) is 0 Å². The monoisotopic (exact) mass is 308 g/mol. The average molecular weight is 308 g/mol. The van der Waals surface area contributed by atoms with E-state index in [2.05, 4.69) is 20.3 Å². The van der Waals surface area contributed by atoms with Crippen LogP contribution in [0.5, 0.6) is 0 Å². The smallest absolute Gasteiger partial charge is 0.223 e. The summed E-state index contributed by atoms with van der Waals surface area (Å²) in [6.07, 6.45) is 6.92. The molecular formula is C16H16N6O. The zero-order chi connectivity index (χ0) is 16.2. The molecule has 23 heavy (non-hydrogen) atoms. The highest BCUT2D eigenvalue weighted by atomic mass is 16.2. The molecule has 7 nitrogen and oxygen atoms in total. The van der Waals surface area contributed by atoms with Gasteiger partial charge in [0.05, 0.1) is 18.4 Å². The lowest BCUT2D eigenvalue weighted by atomic mass is 9.94. The van der Waals surface area contributed by atoms with Crippen molar-refractivity contribution in [1.82, 2.24) is 19.9 Å².